The summed E-state index contributed by atoms with van der Waals surface area (Å²) in [6, 6.07) is 7.44. The number of rotatable bonds is 8. The molecule has 0 aliphatic heterocycles. The van der Waals surface area contributed by atoms with E-state index in [0.29, 0.717) is 16.9 Å². The molecule has 2 aromatic heterocycles. The fourth-order valence-electron chi connectivity index (χ4n) is 2.13. The van der Waals surface area contributed by atoms with Gasteiger partial charge in [-0.1, -0.05) is 30.0 Å². The van der Waals surface area contributed by atoms with E-state index in [1.54, 1.807) is 11.6 Å². The van der Waals surface area contributed by atoms with Crippen molar-refractivity contribution in [3.63, 3.8) is 0 Å². The van der Waals surface area contributed by atoms with Gasteiger partial charge in [-0.25, -0.2) is 0 Å². The monoisotopic (exact) mass is 405 g/mol. The first kappa shape index (κ1) is 19.2. The van der Waals surface area contributed by atoms with Gasteiger partial charge in [0.05, 0.1) is 17.5 Å². The number of anilines is 1. The molecular weight excluding hydrogens is 386 g/mol. The molecule has 0 spiro atoms. The molecule has 2 heterocycles. The zero-order valence-electron chi connectivity index (χ0n) is 15.1. The van der Waals surface area contributed by atoms with Crippen LogP contribution in [0.5, 0.6) is 5.75 Å². The number of carbonyl (C=O) groups excluding carboxylic acids is 1. The van der Waals surface area contributed by atoms with Crippen LogP contribution in [-0.4, -0.2) is 48.2 Å². The van der Waals surface area contributed by atoms with E-state index in [2.05, 4.69) is 31.0 Å². The van der Waals surface area contributed by atoms with Gasteiger partial charge >= 0.3 is 0 Å². The minimum atomic E-state index is -0.411. The Labute approximate surface area is 164 Å². The number of amides is 1. The lowest BCUT2D eigenvalue weighted by Crippen LogP contribution is -2.22. The zero-order chi connectivity index (χ0) is 19.2. The number of aryl methyl sites for hydroxylation is 1. The van der Waals surface area contributed by atoms with Crippen LogP contribution in [-0.2, 0) is 11.2 Å². The van der Waals surface area contributed by atoms with Gasteiger partial charge in [0.25, 0.3) is 0 Å². The summed E-state index contributed by atoms with van der Waals surface area (Å²) in [6.45, 7) is 6.32. The molecule has 1 aromatic carbocycles. The Morgan fingerprint density at radius 3 is 2.70 bits per heavy atom. The average molecular weight is 406 g/mol. The third-order valence-electron chi connectivity index (χ3n) is 3.48. The maximum atomic E-state index is 12.4. The molecule has 0 aliphatic rings. The van der Waals surface area contributed by atoms with Gasteiger partial charge in [-0.05, 0) is 55.0 Å². The first-order chi connectivity index (χ1) is 13.1. The minimum Gasteiger partial charge on any atom is -0.494 e. The van der Waals surface area contributed by atoms with Gasteiger partial charge < -0.3 is 4.74 Å². The number of aromatic nitrogens is 6. The predicted octanol–water partition coefficient (Wildman–Crippen LogP) is 2.59. The third-order valence-corrected chi connectivity index (χ3v) is 5.50. The second-order valence-electron chi connectivity index (χ2n) is 5.40. The Morgan fingerprint density at radius 2 is 2.04 bits per heavy atom. The van der Waals surface area contributed by atoms with Gasteiger partial charge in [-0.3, -0.25) is 10.1 Å². The molecule has 1 unspecified atom stereocenters. The summed E-state index contributed by atoms with van der Waals surface area (Å²) in [5.41, 5.74) is 0.787. The van der Waals surface area contributed by atoms with Gasteiger partial charge in [0.1, 0.15) is 10.8 Å². The summed E-state index contributed by atoms with van der Waals surface area (Å²) in [5.74, 6) is 0.597. The second-order valence-corrected chi connectivity index (χ2v) is 7.77. The smallest absolute Gasteiger partial charge is 0.239 e. The van der Waals surface area contributed by atoms with Crippen molar-refractivity contribution in [1.82, 2.24) is 30.4 Å². The Hall–Kier alpha value is -2.53. The lowest BCUT2D eigenvalue weighted by Gasteiger charge is -2.10. The zero-order valence-corrected chi connectivity index (χ0v) is 16.8. The summed E-state index contributed by atoms with van der Waals surface area (Å²) in [5, 5.41) is 24.0. The maximum absolute atomic E-state index is 12.4. The van der Waals surface area contributed by atoms with Crippen LogP contribution in [0.25, 0.3) is 5.69 Å². The molecule has 0 aliphatic carbocycles. The highest BCUT2D eigenvalue weighted by molar-refractivity contribution is 8.00. The summed E-state index contributed by atoms with van der Waals surface area (Å²) in [6.07, 6.45) is 0.786. The fraction of sp³-hybridized carbons (Fsp3) is 0.375. The van der Waals surface area contributed by atoms with Crippen molar-refractivity contribution in [2.45, 2.75) is 37.6 Å². The summed E-state index contributed by atoms with van der Waals surface area (Å²) in [7, 11) is 0. The lowest BCUT2D eigenvalue weighted by molar-refractivity contribution is -0.115. The van der Waals surface area contributed by atoms with Crippen LogP contribution in [0.15, 0.2) is 29.4 Å². The van der Waals surface area contributed by atoms with Crippen molar-refractivity contribution < 1.29 is 9.53 Å². The Bertz CT molecular complexity index is 894. The summed E-state index contributed by atoms with van der Waals surface area (Å²) >= 11 is 2.64. The number of nitrogens with zero attached hydrogens (tertiary/aromatic N) is 6. The molecule has 27 heavy (non-hydrogen) atoms. The standard InChI is InChI=1S/C16H19N7O2S2/c1-4-13-18-19-15(27-13)17-14(24)10(3)26-16-20-21-22-23(16)11-6-8-12(9-7-11)25-5-2/h6-10H,4-5H2,1-3H3,(H,17,19,24). The molecule has 0 bridgehead atoms. The topological polar surface area (TPSA) is 108 Å². The highest BCUT2D eigenvalue weighted by Gasteiger charge is 2.20. The molecule has 9 nitrogen and oxygen atoms in total. The lowest BCUT2D eigenvalue weighted by atomic mass is 10.3. The van der Waals surface area contributed by atoms with Crippen LogP contribution in [0.4, 0.5) is 5.13 Å². The van der Waals surface area contributed by atoms with E-state index in [4.69, 9.17) is 4.74 Å². The Kier molecular flexibility index (Phi) is 6.35. The number of nitrogens with one attached hydrogen (secondary N) is 1. The molecule has 1 amide bonds. The third kappa shape index (κ3) is 4.80. The van der Waals surface area contributed by atoms with E-state index in [9.17, 15) is 4.79 Å². The molecule has 0 radical (unpaired) electrons. The molecule has 0 saturated carbocycles. The van der Waals surface area contributed by atoms with Crippen molar-refractivity contribution in [3.05, 3.63) is 29.3 Å². The maximum Gasteiger partial charge on any atom is 0.239 e. The van der Waals surface area contributed by atoms with Gasteiger partial charge in [-0.15, -0.1) is 15.3 Å². The summed E-state index contributed by atoms with van der Waals surface area (Å²) in [4.78, 5) is 12.4. The van der Waals surface area contributed by atoms with Gasteiger partial charge in [0.15, 0.2) is 0 Å². The SMILES string of the molecule is CCOc1ccc(-n2nnnc2SC(C)C(=O)Nc2nnc(CC)s2)cc1. The molecule has 11 heteroatoms. The minimum absolute atomic E-state index is 0.181. The van der Waals surface area contributed by atoms with E-state index < -0.39 is 5.25 Å². The predicted molar refractivity (Wildman–Crippen MR) is 104 cm³/mol. The molecule has 3 rings (SSSR count). The Balaban J connectivity index is 1.67. The van der Waals surface area contributed by atoms with E-state index in [1.807, 2.05) is 38.1 Å². The van der Waals surface area contributed by atoms with E-state index in [1.165, 1.54) is 23.1 Å². The van der Waals surface area contributed by atoms with Crippen molar-refractivity contribution >= 4 is 34.1 Å². The number of carbonyl (C=O) groups is 1. The van der Waals surface area contributed by atoms with Crippen LogP contribution in [0, 0.1) is 0 Å². The molecule has 142 valence electrons. The van der Waals surface area contributed by atoms with Gasteiger partial charge in [-0.2, -0.15) is 4.68 Å². The number of tetrazole rings is 1. The number of hydrogen-bond acceptors (Lipinski definition) is 9. The van der Waals surface area contributed by atoms with Crippen molar-refractivity contribution in [2.75, 3.05) is 11.9 Å². The molecular formula is C16H19N7O2S2. The van der Waals surface area contributed by atoms with Crippen LogP contribution in [0.1, 0.15) is 25.8 Å². The van der Waals surface area contributed by atoms with Crippen molar-refractivity contribution in [1.29, 1.82) is 0 Å². The molecule has 0 fully saturated rings. The second kappa shape index (κ2) is 8.91. The quantitative estimate of drug-likeness (QED) is 0.570. The largest absolute Gasteiger partial charge is 0.494 e. The molecule has 1 atom stereocenters. The number of thioether (sulfide) groups is 1. The first-order valence-electron chi connectivity index (χ1n) is 8.42. The molecule has 1 N–H and O–H groups in total. The van der Waals surface area contributed by atoms with Crippen molar-refractivity contribution in [3.8, 4) is 11.4 Å². The van der Waals surface area contributed by atoms with E-state index >= 15 is 0 Å². The highest BCUT2D eigenvalue weighted by Crippen LogP contribution is 2.25. The van der Waals surface area contributed by atoms with Crippen LogP contribution in [0.3, 0.4) is 0 Å². The van der Waals surface area contributed by atoms with Gasteiger partial charge in [0.2, 0.25) is 16.2 Å². The fourth-order valence-corrected chi connectivity index (χ4v) is 3.62. The van der Waals surface area contributed by atoms with Gasteiger partial charge in [0, 0.05) is 0 Å². The van der Waals surface area contributed by atoms with Crippen LogP contribution >= 0.6 is 23.1 Å². The number of ether oxygens (including phenoxy) is 1. The molecule has 0 saturated heterocycles. The normalized spacial score (nSPS) is 12.0. The average Bonchev–Trinajstić information content (AvgIpc) is 3.32. The van der Waals surface area contributed by atoms with Crippen LogP contribution in [0.2, 0.25) is 0 Å². The summed E-state index contributed by atoms with van der Waals surface area (Å²) < 4.78 is 7.03. The number of hydrogen-bond donors (Lipinski definition) is 1. The van der Waals surface area contributed by atoms with E-state index in [0.717, 1.165) is 22.9 Å². The number of benzene rings is 1. The first-order valence-corrected chi connectivity index (χ1v) is 10.1. The van der Waals surface area contributed by atoms with Crippen LogP contribution < -0.4 is 10.1 Å². The molecule has 3 aromatic rings. The Morgan fingerprint density at radius 1 is 1.26 bits per heavy atom. The van der Waals surface area contributed by atoms with Crippen molar-refractivity contribution in [2.24, 2.45) is 0 Å². The van der Waals surface area contributed by atoms with E-state index in [-0.39, 0.29) is 5.91 Å². The highest BCUT2D eigenvalue weighted by atomic mass is 32.2.